The number of nitrogens with two attached hydrogens (primary N) is 1. The summed E-state index contributed by atoms with van der Waals surface area (Å²) in [5, 5.41) is 40.1. The number of carboxylic acids is 3. The van der Waals surface area contributed by atoms with E-state index in [2.05, 4.69) is 31.6 Å². The molecule has 274 valence electrons. The van der Waals surface area contributed by atoms with Crippen LogP contribution in [0.5, 0.6) is 0 Å². The second kappa shape index (κ2) is 19.5. The summed E-state index contributed by atoms with van der Waals surface area (Å²) in [6.45, 7) is 4.03. The molecule has 50 heavy (non-hydrogen) atoms. The molecule has 18 heteroatoms. The van der Waals surface area contributed by atoms with Crippen LogP contribution in [0.15, 0.2) is 30.5 Å². The minimum Gasteiger partial charge on any atom is -0.481 e. The fourth-order valence-corrected chi connectivity index (χ4v) is 4.81. The smallest absolute Gasteiger partial charge is 0.325 e. The number of H-pyrrole nitrogens is 1. The van der Waals surface area contributed by atoms with E-state index in [0.29, 0.717) is 12.0 Å². The number of carbonyl (C=O) groups is 8. The van der Waals surface area contributed by atoms with Gasteiger partial charge in [-0.05, 0) is 37.3 Å². The highest BCUT2D eigenvalue weighted by Gasteiger charge is 2.32. The number of aromatic amines is 1. The lowest BCUT2D eigenvalue weighted by atomic mass is 9.97. The van der Waals surface area contributed by atoms with Crippen molar-refractivity contribution in [3.63, 3.8) is 0 Å². The third-order valence-corrected chi connectivity index (χ3v) is 7.98. The van der Waals surface area contributed by atoms with Crippen LogP contribution in [0.3, 0.4) is 0 Å². The van der Waals surface area contributed by atoms with E-state index in [1.165, 1.54) is 6.92 Å². The van der Waals surface area contributed by atoms with Gasteiger partial charge in [-0.15, -0.1) is 0 Å². The molecule has 0 fully saturated rings. The van der Waals surface area contributed by atoms with Crippen LogP contribution in [0.2, 0.25) is 0 Å². The van der Waals surface area contributed by atoms with Crippen molar-refractivity contribution in [2.75, 3.05) is 6.54 Å². The van der Waals surface area contributed by atoms with Gasteiger partial charge < -0.3 is 52.6 Å². The summed E-state index contributed by atoms with van der Waals surface area (Å²) in [7, 11) is 0. The third-order valence-electron chi connectivity index (χ3n) is 7.98. The first-order valence-electron chi connectivity index (χ1n) is 16.0. The molecule has 2 aromatic rings. The van der Waals surface area contributed by atoms with Crippen molar-refractivity contribution < 1.29 is 53.7 Å². The van der Waals surface area contributed by atoms with Gasteiger partial charge >= 0.3 is 17.9 Å². The van der Waals surface area contributed by atoms with Crippen LogP contribution in [-0.4, -0.2) is 105 Å². The molecule has 6 atom stereocenters. The van der Waals surface area contributed by atoms with E-state index >= 15 is 0 Å². The Morgan fingerprint density at radius 1 is 0.780 bits per heavy atom. The maximum atomic E-state index is 13.6. The summed E-state index contributed by atoms with van der Waals surface area (Å²) < 4.78 is 0. The normalized spacial score (nSPS) is 14.6. The maximum Gasteiger partial charge on any atom is 0.325 e. The molecule has 0 saturated carbocycles. The number of nitrogens with one attached hydrogen (secondary N) is 6. The number of carboxylic acid groups (broad SMARTS) is 3. The molecule has 18 nitrogen and oxygen atoms in total. The zero-order valence-corrected chi connectivity index (χ0v) is 28.0. The summed E-state index contributed by atoms with van der Waals surface area (Å²) in [6, 6.07) is 0.840. The summed E-state index contributed by atoms with van der Waals surface area (Å²) in [5.74, 6) is -8.36. The number of rotatable bonds is 21. The molecule has 0 bridgehead atoms. The highest BCUT2D eigenvalue weighted by atomic mass is 16.4. The number of carbonyl (C=O) groups excluding carboxylic acids is 5. The van der Waals surface area contributed by atoms with Crippen LogP contribution < -0.4 is 32.3 Å². The zero-order chi connectivity index (χ0) is 37.5. The SMILES string of the molecule is CC[C@H](C)[C@H](NC(=O)CNC(=O)[C@H](CCC(=O)O)NC(=O)[C@@H](N)CCC(=O)O)C(=O)N[C@@H](Cc1c[nH]c2ccccc12)C(=O)N[C@@H](C)C(=O)O. The van der Waals surface area contributed by atoms with E-state index in [0.717, 1.165) is 10.9 Å². The van der Waals surface area contributed by atoms with Crippen LogP contribution in [-0.2, 0) is 44.8 Å². The first kappa shape index (κ1) is 40.7. The van der Waals surface area contributed by atoms with Gasteiger partial charge in [0.15, 0.2) is 0 Å². The van der Waals surface area contributed by atoms with Crippen LogP contribution in [0.4, 0.5) is 0 Å². The molecule has 2 rings (SSSR count). The summed E-state index contributed by atoms with van der Waals surface area (Å²) in [6.07, 6.45) is 0.521. The quantitative estimate of drug-likeness (QED) is 0.0747. The Morgan fingerprint density at radius 3 is 2.02 bits per heavy atom. The van der Waals surface area contributed by atoms with Crippen molar-refractivity contribution in [2.45, 2.75) is 89.5 Å². The predicted molar refractivity (Wildman–Crippen MR) is 177 cm³/mol. The molecular formula is C32H45N7O11. The van der Waals surface area contributed by atoms with E-state index in [4.69, 9.17) is 15.9 Å². The van der Waals surface area contributed by atoms with Gasteiger partial charge in [-0.1, -0.05) is 38.5 Å². The number of aromatic nitrogens is 1. The minimum absolute atomic E-state index is 0.0193. The number of aliphatic carboxylic acids is 3. The highest BCUT2D eigenvalue weighted by molar-refractivity contribution is 5.96. The lowest BCUT2D eigenvalue weighted by Crippen LogP contribution is -2.58. The van der Waals surface area contributed by atoms with Crippen LogP contribution >= 0.6 is 0 Å². The summed E-state index contributed by atoms with van der Waals surface area (Å²) in [5.41, 5.74) is 7.14. The van der Waals surface area contributed by atoms with Crippen molar-refractivity contribution in [3.05, 3.63) is 36.0 Å². The Morgan fingerprint density at radius 2 is 1.40 bits per heavy atom. The monoisotopic (exact) mass is 703 g/mol. The molecule has 0 saturated heterocycles. The van der Waals surface area contributed by atoms with Gasteiger partial charge in [0, 0.05) is 36.4 Å². The molecule has 1 aromatic carbocycles. The van der Waals surface area contributed by atoms with Crippen molar-refractivity contribution in [2.24, 2.45) is 11.7 Å². The van der Waals surface area contributed by atoms with Crippen molar-refractivity contribution in [1.29, 1.82) is 0 Å². The standard InChI is InChI=1S/C32H45N7O11/c1-4-16(2)27(39-24(40)15-35-29(46)22(10-12-26(43)44)37-28(45)20(33)9-11-25(41)42)31(48)38-23(30(47)36-17(3)32(49)50)13-18-14-34-21-8-6-5-7-19(18)21/h5-8,14,16-17,20,22-23,27,34H,4,9-13,15,33H2,1-3H3,(H,35,46)(H,36,47)(H,37,45)(H,38,48)(H,39,40)(H,41,42)(H,43,44)(H,49,50)/t16-,17-,20-,22-,23-,27-/m0/s1. The van der Waals surface area contributed by atoms with E-state index < -0.39 is 103 Å². The Kier molecular flexibility index (Phi) is 15.8. The highest BCUT2D eigenvalue weighted by Crippen LogP contribution is 2.19. The Labute approximate surface area is 287 Å². The second-order valence-corrected chi connectivity index (χ2v) is 11.9. The van der Waals surface area contributed by atoms with E-state index in [1.807, 2.05) is 18.2 Å². The van der Waals surface area contributed by atoms with Gasteiger partial charge in [-0.3, -0.25) is 38.4 Å². The third kappa shape index (κ3) is 12.8. The topological polar surface area (TPSA) is 299 Å². The molecule has 0 unspecified atom stereocenters. The van der Waals surface area contributed by atoms with Crippen molar-refractivity contribution in [3.8, 4) is 0 Å². The molecule has 0 aliphatic rings. The largest absolute Gasteiger partial charge is 0.481 e. The average Bonchev–Trinajstić information content (AvgIpc) is 3.48. The molecule has 0 spiro atoms. The molecule has 0 aliphatic heterocycles. The summed E-state index contributed by atoms with van der Waals surface area (Å²) in [4.78, 5) is 102. The first-order valence-corrected chi connectivity index (χ1v) is 16.0. The average molecular weight is 704 g/mol. The predicted octanol–water partition coefficient (Wildman–Crippen LogP) is -1.03. The van der Waals surface area contributed by atoms with Crippen LogP contribution in [0, 0.1) is 5.92 Å². The van der Waals surface area contributed by atoms with Gasteiger partial charge in [0.1, 0.15) is 24.2 Å². The molecule has 11 N–H and O–H groups in total. The van der Waals surface area contributed by atoms with Crippen LogP contribution in [0.25, 0.3) is 10.9 Å². The molecule has 1 heterocycles. The molecule has 1 aromatic heterocycles. The maximum absolute atomic E-state index is 13.6. The van der Waals surface area contributed by atoms with Gasteiger partial charge in [0.25, 0.3) is 0 Å². The second-order valence-electron chi connectivity index (χ2n) is 11.9. The number of hydrogen-bond donors (Lipinski definition) is 10. The first-order chi connectivity index (χ1) is 23.5. The molecule has 0 aliphatic carbocycles. The molecular weight excluding hydrogens is 658 g/mol. The number of hydrogen-bond acceptors (Lipinski definition) is 9. The minimum atomic E-state index is -1.42. The van der Waals surface area contributed by atoms with Gasteiger partial charge in [0.2, 0.25) is 29.5 Å². The Bertz CT molecular complexity index is 1560. The van der Waals surface area contributed by atoms with E-state index in [1.54, 1.807) is 26.1 Å². The van der Waals surface area contributed by atoms with Gasteiger partial charge in [-0.2, -0.15) is 0 Å². The van der Waals surface area contributed by atoms with E-state index in [-0.39, 0.29) is 19.3 Å². The lowest BCUT2D eigenvalue weighted by Gasteiger charge is -2.27. The van der Waals surface area contributed by atoms with Crippen molar-refractivity contribution >= 4 is 58.3 Å². The zero-order valence-electron chi connectivity index (χ0n) is 28.0. The fourth-order valence-electron chi connectivity index (χ4n) is 4.81. The number of amides is 5. The summed E-state index contributed by atoms with van der Waals surface area (Å²) >= 11 is 0. The number of benzene rings is 1. The van der Waals surface area contributed by atoms with Gasteiger partial charge in [0.05, 0.1) is 12.6 Å². The fraction of sp³-hybridized carbons (Fsp3) is 0.500. The Hall–Kier alpha value is -5.52. The Balaban J connectivity index is 2.17. The number of para-hydroxylation sites is 1. The van der Waals surface area contributed by atoms with Gasteiger partial charge in [-0.25, -0.2) is 0 Å². The van der Waals surface area contributed by atoms with Crippen LogP contribution in [0.1, 0.15) is 58.4 Å². The lowest BCUT2D eigenvalue weighted by molar-refractivity contribution is -0.142. The van der Waals surface area contributed by atoms with Crippen molar-refractivity contribution in [1.82, 2.24) is 31.6 Å². The van der Waals surface area contributed by atoms with E-state index in [9.17, 15) is 43.5 Å². The molecule has 5 amide bonds. The number of fused-ring (bicyclic) bond motifs is 1. The molecule has 0 radical (unpaired) electrons.